The first kappa shape index (κ1) is 61.8. The van der Waals surface area contributed by atoms with Crippen molar-refractivity contribution in [3.63, 3.8) is 0 Å². The van der Waals surface area contributed by atoms with E-state index in [-0.39, 0.29) is 0 Å². The number of benzene rings is 6. The summed E-state index contributed by atoms with van der Waals surface area (Å²) in [6.45, 7) is 0. The molecule has 0 aliphatic carbocycles. The zero-order valence-electron chi connectivity index (χ0n) is 58.0. The van der Waals surface area contributed by atoms with Gasteiger partial charge >= 0.3 is 0 Å². The summed E-state index contributed by atoms with van der Waals surface area (Å²) in [6, 6.07) is 93.3. The summed E-state index contributed by atoms with van der Waals surface area (Å²) in [4.78, 5) is 58.1. The maximum absolute atomic E-state index is 6.11. The normalized spacial score (nSPS) is 12.6. The standard InChI is InChI=1S/C96H62N12/c1-7-19-57(20-8-1)87-67-35-31-63(97-67)55-64-32-36-68(98-64)88(58-21-9-2-10-22-58)72-42-48-80(103-72)93(79-47-41-71(87)102-79)95-83-51-45-77(106-83)91(61-27-15-5-16-28-61)75-39-40-76(101-75)92(62-29-17-6-18-30-62)78-46-52-84(107-78)96(86-54-53-85(95)108-86)94-81-49-43-73(104-81)89(59-23-11-3-12-24-59)69-37-33-65(99-69)56-66-34-38-70(100-66)90(60-25-13-4-14-26-60)74-44-50-82(94)105-74/h1-56,97,99,103,105-107H. The topological polar surface area (TPSA) is 172 Å². The number of nitrogens with zero attached hydrogens (tertiary/aromatic N) is 6. The number of hydrogen-bond acceptors (Lipinski definition) is 6. The lowest BCUT2D eigenvalue weighted by Crippen LogP contribution is -1.93. The van der Waals surface area contributed by atoms with Crippen LogP contribution in [0.4, 0.5) is 0 Å². The quantitative estimate of drug-likeness (QED) is 0.0884. The molecule has 6 aliphatic rings. The van der Waals surface area contributed by atoms with Crippen molar-refractivity contribution in [2.75, 3.05) is 0 Å². The van der Waals surface area contributed by atoms with Crippen LogP contribution in [0.15, 0.2) is 267 Å². The zero-order chi connectivity index (χ0) is 71.2. The molecular weight excluding hydrogens is 1320 g/mol. The second-order valence-corrected chi connectivity index (χ2v) is 27.4. The minimum absolute atomic E-state index is 0.687. The Hall–Kier alpha value is -14.9. The van der Waals surface area contributed by atoms with Gasteiger partial charge in [0, 0.05) is 122 Å². The highest BCUT2D eigenvalue weighted by Gasteiger charge is 2.27. The summed E-state index contributed by atoms with van der Waals surface area (Å²) >= 11 is 0. The number of aromatic amines is 6. The molecule has 15 aromatic rings. The Morgan fingerprint density at radius 2 is 0.324 bits per heavy atom. The molecule has 12 nitrogen and oxygen atoms in total. The van der Waals surface area contributed by atoms with Crippen molar-refractivity contribution in [1.29, 1.82) is 0 Å². The number of aromatic nitrogens is 12. The number of hydrogen-bond donors (Lipinski definition) is 6. The maximum atomic E-state index is 6.11. The third kappa shape index (κ3) is 10.9. The van der Waals surface area contributed by atoms with Crippen LogP contribution in [-0.2, 0) is 0 Å². The average Bonchev–Trinajstić information content (AvgIpc) is 1.59. The van der Waals surface area contributed by atoms with Gasteiger partial charge in [0.05, 0.1) is 68.3 Å². The molecule has 0 atom stereocenters. The van der Waals surface area contributed by atoms with Crippen LogP contribution in [0.3, 0.4) is 0 Å². The molecule has 6 aromatic carbocycles. The lowest BCUT2D eigenvalue weighted by molar-refractivity contribution is 1.28. The number of fused-ring (bicyclic) bond motifs is 24. The third-order valence-corrected chi connectivity index (χ3v) is 20.8. The van der Waals surface area contributed by atoms with Crippen LogP contribution in [0.2, 0.25) is 0 Å². The van der Waals surface area contributed by atoms with Gasteiger partial charge in [0.1, 0.15) is 0 Å². The highest BCUT2D eigenvalue weighted by atomic mass is 14.8. The van der Waals surface area contributed by atoms with E-state index in [9.17, 15) is 0 Å². The molecule has 0 fully saturated rings. The van der Waals surface area contributed by atoms with Gasteiger partial charge in [-0.3, -0.25) is 0 Å². The van der Waals surface area contributed by atoms with Gasteiger partial charge in [0.15, 0.2) is 0 Å². The molecule has 0 radical (unpaired) electrons. The Labute approximate surface area is 619 Å². The molecule has 6 N–H and O–H groups in total. The first-order chi connectivity index (χ1) is 53.5. The van der Waals surface area contributed by atoms with Crippen LogP contribution < -0.4 is 0 Å². The van der Waals surface area contributed by atoms with Crippen LogP contribution in [-0.4, -0.2) is 59.8 Å². The van der Waals surface area contributed by atoms with Crippen molar-refractivity contribution in [1.82, 2.24) is 59.8 Å². The van der Waals surface area contributed by atoms with Gasteiger partial charge < -0.3 is 29.9 Å². The van der Waals surface area contributed by atoms with Gasteiger partial charge in [0.2, 0.25) is 0 Å². The maximum Gasteiger partial charge on any atom is 0.0738 e. The Kier molecular flexibility index (Phi) is 14.6. The van der Waals surface area contributed by atoms with E-state index >= 15 is 0 Å². The number of nitrogens with one attached hydrogen (secondary N) is 6. The number of H-pyrrole nitrogens is 6. The van der Waals surface area contributed by atoms with E-state index in [2.05, 4.69) is 370 Å². The van der Waals surface area contributed by atoms with E-state index in [4.69, 9.17) is 29.9 Å². The van der Waals surface area contributed by atoms with Gasteiger partial charge in [-0.15, -0.1) is 0 Å². The van der Waals surface area contributed by atoms with Crippen molar-refractivity contribution in [3.05, 3.63) is 335 Å². The Balaban J connectivity index is 0.954. The van der Waals surface area contributed by atoms with Crippen LogP contribution >= 0.6 is 0 Å². The smallest absolute Gasteiger partial charge is 0.0738 e. The van der Waals surface area contributed by atoms with Crippen LogP contribution in [0, 0.1) is 0 Å². The highest BCUT2D eigenvalue weighted by molar-refractivity contribution is 6.08. The molecule has 506 valence electrons. The van der Waals surface area contributed by atoms with Crippen molar-refractivity contribution in [3.8, 4) is 89.0 Å². The molecule has 0 spiro atoms. The fourth-order valence-corrected chi connectivity index (χ4v) is 16.0. The SMILES string of the molecule is C1=Cc2nc1cc1ccc([nH]1)c(-c1ccccc1)c1nc(c(-c3c4nc(c(-c5c6nc(c(-c7ccccc7)c7ccc(cc8nc(c(-c9ccccc9)c9ccc5[nH]9)C=C8)[nH]7)C=C6)c5ccc([nH]5)c(-c5ccccc5)c5nc(c(-c6ccccc6)c6ccc3[nH]6)C=C5)C=C4)c3ccc([nH]3)c2-c2ccccc2)C=C1. The minimum Gasteiger partial charge on any atom is -0.355 e. The van der Waals surface area contributed by atoms with Gasteiger partial charge in [-0.25, -0.2) is 29.9 Å². The third-order valence-electron chi connectivity index (χ3n) is 20.8. The number of rotatable bonds is 8. The molecule has 15 heterocycles. The molecule has 24 bridgehead atoms. The second kappa shape index (κ2) is 25.5. The lowest BCUT2D eigenvalue weighted by atomic mass is 10.0. The van der Waals surface area contributed by atoms with Crippen LogP contribution in [0.5, 0.6) is 0 Å². The summed E-state index contributed by atoms with van der Waals surface area (Å²) in [7, 11) is 0. The monoisotopic (exact) mass is 1380 g/mol. The molecule has 0 saturated heterocycles. The van der Waals surface area contributed by atoms with E-state index in [0.29, 0.717) is 11.4 Å². The molecule has 0 saturated carbocycles. The summed E-state index contributed by atoms with van der Waals surface area (Å²) in [6.07, 6.45) is 25.6. The van der Waals surface area contributed by atoms with E-state index in [0.717, 1.165) is 212 Å². The molecule has 12 heteroatoms. The predicted octanol–water partition coefficient (Wildman–Crippen LogP) is 23.9. The van der Waals surface area contributed by atoms with E-state index in [1.165, 1.54) is 0 Å². The fraction of sp³-hybridized carbons (Fsp3) is 0. The van der Waals surface area contributed by atoms with Crippen LogP contribution in [0.1, 0.15) is 68.3 Å². The van der Waals surface area contributed by atoms with Crippen molar-refractivity contribution >= 4 is 139 Å². The van der Waals surface area contributed by atoms with Gasteiger partial charge in [-0.05, 0) is 191 Å². The van der Waals surface area contributed by atoms with E-state index in [1.54, 1.807) is 0 Å². The van der Waals surface area contributed by atoms with Crippen molar-refractivity contribution < 1.29 is 0 Å². The average molecular weight is 1380 g/mol. The largest absolute Gasteiger partial charge is 0.355 e. The molecular formula is C96H62N12. The molecule has 9 aromatic heterocycles. The van der Waals surface area contributed by atoms with Gasteiger partial charge in [0.25, 0.3) is 0 Å². The second-order valence-electron chi connectivity index (χ2n) is 27.4. The summed E-state index contributed by atoms with van der Waals surface area (Å²) in [5, 5.41) is 0. The summed E-state index contributed by atoms with van der Waals surface area (Å²) in [5.41, 5.74) is 34.7. The highest BCUT2D eigenvalue weighted by Crippen LogP contribution is 2.45. The lowest BCUT2D eigenvalue weighted by Gasteiger charge is -2.09. The summed E-state index contributed by atoms with van der Waals surface area (Å²) in [5.74, 6) is 0. The van der Waals surface area contributed by atoms with Crippen molar-refractivity contribution in [2.24, 2.45) is 0 Å². The first-order valence-electron chi connectivity index (χ1n) is 36.2. The first-order valence-corrected chi connectivity index (χ1v) is 36.2. The molecule has 0 amide bonds. The van der Waals surface area contributed by atoms with Crippen molar-refractivity contribution in [2.45, 2.75) is 0 Å². The zero-order valence-corrected chi connectivity index (χ0v) is 58.0. The minimum atomic E-state index is 0.687. The van der Waals surface area contributed by atoms with Crippen LogP contribution in [0.25, 0.3) is 228 Å². The van der Waals surface area contributed by atoms with E-state index in [1.807, 2.05) is 0 Å². The fourth-order valence-electron chi connectivity index (χ4n) is 16.0. The van der Waals surface area contributed by atoms with Gasteiger partial charge in [-0.2, -0.15) is 0 Å². The predicted molar refractivity (Wildman–Crippen MR) is 447 cm³/mol. The Bertz CT molecular complexity index is 6510. The van der Waals surface area contributed by atoms with Gasteiger partial charge in [-0.1, -0.05) is 182 Å². The van der Waals surface area contributed by atoms with E-state index < -0.39 is 0 Å². The molecule has 6 aliphatic heterocycles. The Morgan fingerprint density at radius 1 is 0.148 bits per heavy atom. The molecule has 108 heavy (non-hydrogen) atoms. The molecule has 21 rings (SSSR count). The molecule has 0 unspecified atom stereocenters. The Morgan fingerprint density at radius 3 is 0.556 bits per heavy atom. The summed E-state index contributed by atoms with van der Waals surface area (Å²) < 4.78 is 0.